The Balaban J connectivity index is 1.39. The van der Waals surface area contributed by atoms with Gasteiger partial charge in [-0.25, -0.2) is 8.42 Å². The molecule has 9 heteroatoms. The number of anilines is 1. The molecular weight excluding hydrogens is 448 g/mol. The number of sulfonamides is 1. The molecular formula is C23H26N2O5S2. The van der Waals surface area contributed by atoms with E-state index in [0.717, 1.165) is 16.3 Å². The van der Waals surface area contributed by atoms with E-state index in [1.54, 1.807) is 23.9 Å². The van der Waals surface area contributed by atoms with Crippen LogP contribution in [0, 0.1) is 5.92 Å². The van der Waals surface area contributed by atoms with Crippen molar-refractivity contribution >= 4 is 33.4 Å². The van der Waals surface area contributed by atoms with E-state index in [0.29, 0.717) is 50.6 Å². The molecule has 32 heavy (non-hydrogen) atoms. The van der Waals surface area contributed by atoms with Crippen molar-refractivity contribution in [1.82, 2.24) is 4.31 Å². The first kappa shape index (κ1) is 22.7. The highest BCUT2D eigenvalue weighted by atomic mass is 32.2. The molecule has 1 saturated heterocycles. The first-order chi connectivity index (χ1) is 15.5. The third-order valence-corrected chi connectivity index (χ3v) is 8.44. The number of carbonyl (C=O) groups is 1. The van der Waals surface area contributed by atoms with Crippen molar-refractivity contribution in [2.24, 2.45) is 5.92 Å². The molecule has 2 aromatic rings. The molecule has 170 valence electrons. The van der Waals surface area contributed by atoms with E-state index >= 15 is 0 Å². The summed E-state index contributed by atoms with van der Waals surface area (Å²) in [5.74, 6) is 1.44. The van der Waals surface area contributed by atoms with Gasteiger partial charge in [0, 0.05) is 35.7 Å². The summed E-state index contributed by atoms with van der Waals surface area (Å²) in [5.41, 5.74) is 0.774. The van der Waals surface area contributed by atoms with Crippen LogP contribution in [0.2, 0.25) is 0 Å². The quantitative estimate of drug-likeness (QED) is 0.486. The van der Waals surface area contributed by atoms with E-state index < -0.39 is 10.0 Å². The monoisotopic (exact) mass is 474 g/mol. The Morgan fingerprint density at radius 1 is 1.12 bits per heavy atom. The van der Waals surface area contributed by atoms with E-state index in [1.165, 1.54) is 10.4 Å². The number of nitrogens with zero attached hydrogens (tertiary/aromatic N) is 1. The van der Waals surface area contributed by atoms with E-state index in [2.05, 4.69) is 11.9 Å². The second-order valence-electron chi connectivity index (χ2n) is 7.57. The van der Waals surface area contributed by atoms with Gasteiger partial charge in [-0.15, -0.1) is 18.3 Å². The highest BCUT2D eigenvalue weighted by Crippen LogP contribution is 2.34. The summed E-state index contributed by atoms with van der Waals surface area (Å²) in [4.78, 5) is 14.0. The number of carbonyl (C=O) groups excluding carboxylic acids is 1. The fourth-order valence-corrected chi connectivity index (χ4v) is 6.00. The number of amides is 1. The van der Waals surface area contributed by atoms with Gasteiger partial charge < -0.3 is 14.8 Å². The smallest absolute Gasteiger partial charge is 0.243 e. The topological polar surface area (TPSA) is 84.9 Å². The number of ether oxygens (including phenoxy) is 2. The largest absolute Gasteiger partial charge is 0.486 e. The number of rotatable bonds is 7. The summed E-state index contributed by atoms with van der Waals surface area (Å²) in [6.45, 7) is 5.17. The maximum Gasteiger partial charge on any atom is 0.243 e. The summed E-state index contributed by atoms with van der Waals surface area (Å²) in [6.07, 6.45) is 2.76. The van der Waals surface area contributed by atoms with Gasteiger partial charge >= 0.3 is 0 Å². The van der Waals surface area contributed by atoms with E-state index in [4.69, 9.17) is 9.47 Å². The van der Waals surface area contributed by atoms with E-state index in [1.807, 2.05) is 30.3 Å². The molecule has 2 heterocycles. The van der Waals surface area contributed by atoms with Gasteiger partial charge in [0.15, 0.2) is 11.5 Å². The predicted octanol–water partition coefficient (Wildman–Crippen LogP) is 3.78. The molecule has 2 aromatic carbocycles. The zero-order chi connectivity index (χ0) is 22.6. The molecule has 0 aromatic heterocycles. The predicted molar refractivity (Wildman–Crippen MR) is 125 cm³/mol. The normalized spacial score (nSPS) is 17.0. The van der Waals surface area contributed by atoms with Gasteiger partial charge in [-0.1, -0.05) is 18.2 Å². The van der Waals surface area contributed by atoms with Crippen LogP contribution in [0.1, 0.15) is 12.8 Å². The van der Waals surface area contributed by atoms with Gasteiger partial charge in [-0.3, -0.25) is 4.79 Å². The zero-order valence-corrected chi connectivity index (χ0v) is 19.3. The van der Waals surface area contributed by atoms with Crippen molar-refractivity contribution < 1.29 is 22.7 Å². The number of thioether (sulfide) groups is 1. The van der Waals surface area contributed by atoms with E-state index in [9.17, 15) is 13.2 Å². The molecule has 1 amide bonds. The van der Waals surface area contributed by atoms with Gasteiger partial charge in [-0.05, 0) is 37.1 Å². The van der Waals surface area contributed by atoms with Crippen LogP contribution in [0.5, 0.6) is 11.5 Å². The number of nitrogens with one attached hydrogen (secondary N) is 1. The average Bonchev–Trinajstić information content (AvgIpc) is 2.83. The van der Waals surface area contributed by atoms with Crippen LogP contribution in [0.4, 0.5) is 5.69 Å². The van der Waals surface area contributed by atoms with Gasteiger partial charge in [0.25, 0.3) is 0 Å². The molecule has 0 saturated carbocycles. The lowest BCUT2D eigenvalue weighted by atomic mass is 9.97. The Hall–Kier alpha value is -2.49. The lowest BCUT2D eigenvalue weighted by molar-refractivity contribution is -0.120. The lowest BCUT2D eigenvalue weighted by Gasteiger charge is -2.31. The number of benzene rings is 2. The van der Waals surface area contributed by atoms with Crippen LogP contribution >= 0.6 is 11.8 Å². The van der Waals surface area contributed by atoms with Gasteiger partial charge in [0.05, 0.1) is 10.6 Å². The van der Waals surface area contributed by atoms with Crippen LogP contribution in [-0.4, -0.2) is 50.7 Å². The minimum Gasteiger partial charge on any atom is -0.486 e. The van der Waals surface area contributed by atoms with Crippen molar-refractivity contribution in [1.29, 1.82) is 0 Å². The SMILES string of the molecule is C=CCSc1ccccc1NC(=O)C1CCN(S(=O)(=O)c2ccc3c(c2)OCCO3)CC1. The molecule has 0 spiro atoms. The van der Waals surface area contributed by atoms with Crippen molar-refractivity contribution in [2.75, 3.05) is 37.4 Å². The number of hydrogen-bond acceptors (Lipinski definition) is 6. The summed E-state index contributed by atoms with van der Waals surface area (Å²) in [7, 11) is -3.67. The number of piperidine rings is 1. The van der Waals surface area contributed by atoms with Gasteiger partial charge in [0.1, 0.15) is 13.2 Å². The van der Waals surface area contributed by atoms with Crippen molar-refractivity contribution in [2.45, 2.75) is 22.6 Å². The highest BCUT2D eigenvalue weighted by Gasteiger charge is 2.33. The molecule has 1 fully saturated rings. The Kier molecular flexibility index (Phi) is 7.07. The van der Waals surface area contributed by atoms with Gasteiger partial charge in [-0.2, -0.15) is 4.31 Å². The Morgan fingerprint density at radius 3 is 2.59 bits per heavy atom. The number of hydrogen-bond donors (Lipinski definition) is 1. The molecule has 0 bridgehead atoms. The molecule has 0 radical (unpaired) electrons. The minimum absolute atomic E-state index is 0.0759. The van der Waals surface area contributed by atoms with Crippen molar-refractivity contribution in [3.05, 3.63) is 55.1 Å². The van der Waals surface area contributed by atoms with Crippen LogP contribution in [0.3, 0.4) is 0 Å². The molecule has 2 aliphatic heterocycles. The maximum absolute atomic E-state index is 13.1. The highest BCUT2D eigenvalue weighted by molar-refractivity contribution is 7.99. The standard InChI is InChI=1S/C23H26N2O5S2/c1-2-15-31-22-6-4-3-5-19(22)24-23(26)17-9-11-25(12-10-17)32(27,28)18-7-8-20-21(16-18)30-14-13-29-20/h2-8,16-17H,1,9-15H2,(H,24,26). The van der Waals surface area contributed by atoms with Crippen molar-refractivity contribution in [3.63, 3.8) is 0 Å². The number of para-hydroxylation sites is 1. The minimum atomic E-state index is -3.67. The van der Waals surface area contributed by atoms with Crippen LogP contribution < -0.4 is 14.8 Å². The first-order valence-electron chi connectivity index (χ1n) is 10.5. The third-order valence-electron chi connectivity index (χ3n) is 5.48. The van der Waals surface area contributed by atoms with Crippen LogP contribution in [0.15, 0.2) is 64.9 Å². The van der Waals surface area contributed by atoms with Crippen molar-refractivity contribution in [3.8, 4) is 11.5 Å². The summed E-state index contributed by atoms with van der Waals surface area (Å²) in [5, 5.41) is 3.02. The lowest BCUT2D eigenvalue weighted by Crippen LogP contribution is -2.41. The Labute approximate surface area is 192 Å². The second-order valence-corrected chi connectivity index (χ2v) is 10.6. The van der Waals surface area contributed by atoms with Gasteiger partial charge in [0.2, 0.25) is 15.9 Å². The van der Waals surface area contributed by atoms with Crippen LogP contribution in [-0.2, 0) is 14.8 Å². The third kappa shape index (κ3) is 4.95. The van der Waals surface area contributed by atoms with Crippen LogP contribution in [0.25, 0.3) is 0 Å². The molecule has 2 aliphatic rings. The molecule has 0 atom stereocenters. The Bertz CT molecular complexity index is 1100. The maximum atomic E-state index is 13.1. The first-order valence-corrected chi connectivity index (χ1v) is 12.9. The molecule has 7 nitrogen and oxygen atoms in total. The Morgan fingerprint density at radius 2 is 1.84 bits per heavy atom. The molecule has 0 unspecified atom stereocenters. The van der Waals surface area contributed by atoms with E-state index in [-0.39, 0.29) is 16.7 Å². The summed E-state index contributed by atoms with van der Waals surface area (Å²) in [6, 6.07) is 12.3. The fraction of sp³-hybridized carbons (Fsp3) is 0.348. The fourth-order valence-electron chi connectivity index (χ4n) is 3.77. The molecule has 0 aliphatic carbocycles. The molecule has 4 rings (SSSR count). The zero-order valence-electron chi connectivity index (χ0n) is 17.7. The second kappa shape index (κ2) is 9.97. The summed E-state index contributed by atoms with van der Waals surface area (Å²) >= 11 is 1.61. The average molecular weight is 475 g/mol. The summed E-state index contributed by atoms with van der Waals surface area (Å²) < 4.78 is 38.6. The molecule has 1 N–H and O–H groups in total. The number of fused-ring (bicyclic) bond motifs is 1.